The standard InChI is InChI=1S/C21H28N2O2.2ClH/c1-2-5-20(6-3-1)18-25-21-9-7-19(8-10-21)17-22-11-4-12-23-13-15-24-16-14-23;;/h1-3,5-10,22H,4,11-18H2;2*1H. The van der Waals surface area contributed by atoms with Crippen LogP contribution in [0, 0.1) is 0 Å². The molecule has 2 aromatic carbocycles. The Morgan fingerprint density at radius 2 is 1.59 bits per heavy atom. The molecule has 6 heteroatoms. The average Bonchev–Trinajstić information content (AvgIpc) is 2.69. The van der Waals surface area contributed by atoms with Crippen molar-refractivity contribution >= 4 is 24.8 Å². The summed E-state index contributed by atoms with van der Waals surface area (Å²) in [4.78, 5) is 2.48. The Kier molecular flexibility index (Phi) is 12.1. The van der Waals surface area contributed by atoms with Crippen molar-refractivity contribution in [3.8, 4) is 5.75 Å². The van der Waals surface area contributed by atoms with Crippen molar-refractivity contribution in [2.75, 3.05) is 39.4 Å². The molecule has 1 N–H and O–H groups in total. The maximum Gasteiger partial charge on any atom is 0.119 e. The van der Waals surface area contributed by atoms with Gasteiger partial charge in [0.1, 0.15) is 12.4 Å². The maximum absolute atomic E-state index is 5.82. The van der Waals surface area contributed by atoms with Crippen LogP contribution in [0.4, 0.5) is 0 Å². The van der Waals surface area contributed by atoms with Crippen LogP contribution in [-0.2, 0) is 17.9 Å². The number of hydrogen-bond acceptors (Lipinski definition) is 4. The molecular weight excluding hydrogens is 383 g/mol. The summed E-state index contributed by atoms with van der Waals surface area (Å²) < 4.78 is 11.2. The summed E-state index contributed by atoms with van der Waals surface area (Å²) in [5, 5.41) is 3.52. The average molecular weight is 413 g/mol. The van der Waals surface area contributed by atoms with Crippen LogP contribution in [-0.4, -0.2) is 44.3 Å². The first-order valence-electron chi connectivity index (χ1n) is 9.17. The number of benzene rings is 2. The highest BCUT2D eigenvalue weighted by Gasteiger charge is 2.08. The highest BCUT2D eigenvalue weighted by molar-refractivity contribution is 5.85. The molecule has 2 aromatic rings. The first-order chi connectivity index (χ1) is 12.4. The molecule has 0 amide bonds. The van der Waals surface area contributed by atoms with Crippen LogP contribution in [0.15, 0.2) is 54.6 Å². The van der Waals surface area contributed by atoms with Crippen molar-refractivity contribution < 1.29 is 9.47 Å². The van der Waals surface area contributed by atoms with E-state index in [1.165, 1.54) is 17.5 Å². The van der Waals surface area contributed by atoms with Gasteiger partial charge in [-0.1, -0.05) is 42.5 Å². The third-order valence-electron chi connectivity index (χ3n) is 4.43. The lowest BCUT2D eigenvalue weighted by Crippen LogP contribution is -2.37. The molecule has 4 nitrogen and oxygen atoms in total. The summed E-state index contributed by atoms with van der Waals surface area (Å²) in [6.07, 6.45) is 1.18. The van der Waals surface area contributed by atoms with Crippen LogP contribution in [0.1, 0.15) is 17.5 Å². The Hall–Kier alpha value is -1.30. The normalized spacial score (nSPS) is 14.1. The summed E-state index contributed by atoms with van der Waals surface area (Å²) in [7, 11) is 0. The number of rotatable bonds is 9. The molecule has 27 heavy (non-hydrogen) atoms. The fourth-order valence-corrected chi connectivity index (χ4v) is 2.93. The van der Waals surface area contributed by atoms with Gasteiger partial charge in [0.05, 0.1) is 13.2 Å². The minimum absolute atomic E-state index is 0. The molecule has 0 radical (unpaired) electrons. The first kappa shape index (κ1) is 23.7. The third-order valence-corrected chi connectivity index (χ3v) is 4.43. The van der Waals surface area contributed by atoms with E-state index >= 15 is 0 Å². The molecule has 0 aliphatic carbocycles. The van der Waals surface area contributed by atoms with E-state index in [0.29, 0.717) is 6.61 Å². The third kappa shape index (κ3) is 8.96. The van der Waals surface area contributed by atoms with E-state index in [4.69, 9.17) is 9.47 Å². The van der Waals surface area contributed by atoms with Crippen LogP contribution >= 0.6 is 24.8 Å². The van der Waals surface area contributed by atoms with Crippen molar-refractivity contribution in [3.05, 3.63) is 65.7 Å². The van der Waals surface area contributed by atoms with Gasteiger partial charge in [-0.2, -0.15) is 0 Å². The summed E-state index contributed by atoms with van der Waals surface area (Å²) in [5.41, 5.74) is 2.48. The van der Waals surface area contributed by atoms with E-state index < -0.39 is 0 Å². The van der Waals surface area contributed by atoms with Gasteiger partial charge in [-0.3, -0.25) is 4.90 Å². The second-order valence-corrected chi connectivity index (χ2v) is 6.40. The van der Waals surface area contributed by atoms with Gasteiger partial charge in [0, 0.05) is 19.6 Å². The molecule has 1 aliphatic rings. The van der Waals surface area contributed by atoms with Gasteiger partial charge in [-0.25, -0.2) is 0 Å². The molecule has 1 fully saturated rings. The molecule has 0 aromatic heterocycles. The zero-order valence-electron chi connectivity index (χ0n) is 15.6. The first-order valence-corrected chi connectivity index (χ1v) is 9.17. The van der Waals surface area contributed by atoms with Crippen molar-refractivity contribution in [1.82, 2.24) is 10.2 Å². The lowest BCUT2D eigenvalue weighted by molar-refractivity contribution is 0.0374. The van der Waals surface area contributed by atoms with E-state index in [1.54, 1.807) is 0 Å². The van der Waals surface area contributed by atoms with E-state index in [0.717, 1.165) is 51.7 Å². The predicted molar refractivity (Wildman–Crippen MR) is 115 cm³/mol. The lowest BCUT2D eigenvalue weighted by atomic mass is 10.2. The molecule has 0 spiro atoms. The van der Waals surface area contributed by atoms with Gasteiger partial charge in [0.2, 0.25) is 0 Å². The zero-order valence-corrected chi connectivity index (χ0v) is 17.3. The SMILES string of the molecule is Cl.Cl.c1ccc(COc2ccc(CNCCCN3CCOCC3)cc2)cc1. The Morgan fingerprint density at radius 1 is 0.889 bits per heavy atom. The monoisotopic (exact) mass is 412 g/mol. The smallest absolute Gasteiger partial charge is 0.119 e. The molecule has 3 rings (SSSR count). The fraction of sp³-hybridized carbons (Fsp3) is 0.429. The molecular formula is C21H30Cl2N2O2. The predicted octanol–water partition coefficient (Wildman–Crippen LogP) is 3.92. The van der Waals surface area contributed by atoms with Crippen molar-refractivity contribution in [3.63, 3.8) is 0 Å². The largest absolute Gasteiger partial charge is 0.489 e. The number of morpholine rings is 1. The van der Waals surface area contributed by atoms with Gasteiger partial charge in [-0.05, 0) is 42.8 Å². The molecule has 0 unspecified atom stereocenters. The van der Waals surface area contributed by atoms with Crippen molar-refractivity contribution in [1.29, 1.82) is 0 Å². The topological polar surface area (TPSA) is 33.7 Å². The van der Waals surface area contributed by atoms with Crippen molar-refractivity contribution in [2.45, 2.75) is 19.6 Å². The Morgan fingerprint density at radius 3 is 2.30 bits per heavy atom. The molecule has 0 atom stereocenters. The number of nitrogens with zero attached hydrogens (tertiary/aromatic N) is 1. The maximum atomic E-state index is 5.82. The van der Waals surface area contributed by atoms with Crippen molar-refractivity contribution in [2.24, 2.45) is 0 Å². The summed E-state index contributed by atoms with van der Waals surface area (Å²) in [6, 6.07) is 18.6. The summed E-state index contributed by atoms with van der Waals surface area (Å²) >= 11 is 0. The van der Waals surface area contributed by atoms with Crippen LogP contribution < -0.4 is 10.1 Å². The second kappa shape index (κ2) is 13.8. The van der Waals surface area contributed by atoms with E-state index in [1.807, 2.05) is 30.3 Å². The van der Waals surface area contributed by atoms with Gasteiger partial charge in [0.25, 0.3) is 0 Å². The Labute approximate surface area is 175 Å². The van der Waals surface area contributed by atoms with Gasteiger partial charge < -0.3 is 14.8 Å². The molecule has 0 saturated carbocycles. The summed E-state index contributed by atoms with van der Waals surface area (Å²) in [6.45, 7) is 7.63. The number of hydrogen-bond donors (Lipinski definition) is 1. The second-order valence-electron chi connectivity index (χ2n) is 6.40. The van der Waals surface area contributed by atoms with Crippen LogP contribution in [0.25, 0.3) is 0 Å². The van der Waals surface area contributed by atoms with E-state index in [-0.39, 0.29) is 24.8 Å². The molecule has 1 heterocycles. The molecule has 0 bridgehead atoms. The minimum Gasteiger partial charge on any atom is -0.489 e. The fourth-order valence-electron chi connectivity index (χ4n) is 2.93. The molecule has 1 aliphatic heterocycles. The van der Waals surface area contributed by atoms with E-state index in [9.17, 15) is 0 Å². The number of ether oxygens (including phenoxy) is 2. The van der Waals surface area contributed by atoms with Gasteiger partial charge in [-0.15, -0.1) is 24.8 Å². The van der Waals surface area contributed by atoms with Gasteiger partial charge >= 0.3 is 0 Å². The van der Waals surface area contributed by atoms with Gasteiger partial charge in [0.15, 0.2) is 0 Å². The van der Waals surface area contributed by atoms with Crippen LogP contribution in [0.2, 0.25) is 0 Å². The zero-order chi connectivity index (χ0) is 17.2. The Bertz CT molecular complexity index is 605. The van der Waals surface area contributed by atoms with Crippen LogP contribution in [0.3, 0.4) is 0 Å². The lowest BCUT2D eigenvalue weighted by Gasteiger charge is -2.26. The van der Waals surface area contributed by atoms with Crippen LogP contribution in [0.5, 0.6) is 5.75 Å². The Balaban J connectivity index is 0.00000182. The number of nitrogens with one attached hydrogen (secondary N) is 1. The number of halogens is 2. The highest BCUT2D eigenvalue weighted by Crippen LogP contribution is 2.14. The highest BCUT2D eigenvalue weighted by atomic mass is 35.5. The minimum atomic E-state index is 0. The molecule has 150 valence electrons. The summed E-state index contributed by atoms with van der Waals surface area (Å²) in [5.74, 6) is 0.917. The quantitative estimate of drug-likeness (QED) is 0.632. The van der Waals surface area contributed by atoms with E-state index in [2.05, 4.69) is 34.5 Å². The molecule has 1 saturated heterocycles.